The van der Waals surface area contributed by atoms with E-state index in [4.69, 9.17) is 4.74 Å². The highest BCUT2D eigenvalue weighted by Gasteiger charge is 2.20. The molecule has 1 atom stereocenters. The van der Waals surface area contributed by atoms with Crippen LogP contribution in [-0.2, 0) is 14.3 Å². The number of nitro benzene ring substituents is 1. The predicted octanol–water partition coefficient (Wildman–Crippen LogP) is 1.88. The first-order valence-corrected chi connectivity index (χ1v) is 5.69. The number of para-hydroxylation sites is 2. The molecule has 0 saturated heterocycles. The zero-order chi connectivity index (χ0) is 14.4. The molecule has 1 rings (SSSR count). The SMILES string of the molecule is CCC(=O)O[C@@H](C)C(=O)Nc1ccccc1[N+](=O)[O-]. The number of carbonyl (C=O) groups excluding carboxylic acids is 2. The highest BCUT2D eigenvalue weighted by molar-refractivity contribution is 5.96. The van der Waals surface area contributed by atoms with Gasteiger partial charge < -0.3 is 10.1 Å². The van der Waals surface area contributed by atoms with Gasteiger partial charge in [-0.15, -0.1) is 0 Å². The molecule has 0 aliphatic carbocycles. The maximum atomic E-state index is 11.7. The average molecular weight is 266 g/mol. The molecule has 1 aromatic rings. The van der Waals surface area contributed by atoms with Gasteiger partial charge in [-0.05, 0) is 13.0 Å². The minimum atomic E-state index is -1.01. The van der Waals surface area contributed by atoms with Crippen LogP contribution in [-0.4, -0.2) is 22.9 Å². The molecule has 0 fully saturated rings. The quantitative estimate of drug-likeness (QED) is 0.498. The summed E-state index contributed by atoms with van der Waals surface area (Å²) >= 11 is 0. The number of nitrogens with one attached hydrogen (secondary N) is 1. The van der Waals surface area contributed by atoms with Crippen molar-refractivity contribution < 1.29 is 19.2 Å². The summed E-state index contributed by atoms with van der Waals surface area (Å²) in [5.74, 6) is -1.12. The minimum absolute atomic E-state index is 0.0666. The Balaban J connectivity index is 2.77. The Hall–Kier alpha value is -2.44. The lowest BCUT2D eigenvalue weighted by atomic mass is 10.2. The van der Waals surface area contributed by atoms with E-state index in [2.05, 4.69) is 5.32 Å². The second-order valence-electron chi connectivity index (χ2n) is 3.75. The molecule has 1 aromatic carbocycles. The minimum Gasteiger partial charge on any atom is -0.453 e. The number of nitro groups is 1. The lowest BCUT2D eigenvalue weighted by Gasteiger charge is -2.12. The van der Waals surface area contributed by atoms with Gasteiger partial charge in [-0.3, -0.25) is 19.7 Å². The molecule has 0 saturated carbocycles. The Morgan fingerprint density at radius 3 is 2.63 bits per heavy atom. The molecule has 0 spiro atoms. The van der Waals surface area contributed by atoms with Gasteiger partial charge in [0.1, 0.15) is 5.69 Å². The normalized spacial score (nSPS) is 11.5. The van der Waals surface area contributed by atoms with Gasteiger partial charge in [-0.25, -0.2) is 0 Å². The van der Waals surface area contributed by atoms with E-state index in [0.29, 0.717) is 0 Å². The molecule has 0 unspecified atom stereocenters. The number of carbonyl (C=O) groups is 2. The van der Waals surface area contributed by atoms with Crippen LogP contribution in [0.4, 0.5) is 11.4 Å². The number of rotatable bonds is 5. The summed E-state index contributed by atoms with van der Waals surface area (Å²) in [4.78, 5) is 32.9. The molecular formula is C12H14N2O5. The van der Waals surface area contributed by atoms with Crippen LogP contribution in [0.5, 0.6) is 0 Å². The molecule has 0 aliphatic rings. The number of esters is 1. The van der Waals surface area contributed by atoms with E-state index in [1.54, 1.807) is 13.0 Å². The van der Waals surface area contributed by atoms with Crippen LogP contribution in [0.25, 0.3) is 0 Å². The molecule has 1 N–H and O–H groups in total. The summed E-state index contributed by atoms with van der Waals surface area (Å²) < 4.78 is 4.81. The van der Waals surface area contributed by atoms with Crippen molar-refractivity contribution >= 4 is 23.3 Å². The largest absolute Gasteiger partial charge is 0.453 e. The lowest BCUT2D eigenvalue weighted by Crippen LogP contribution is -2.29. The number of anilines is 1. The van der Waals surface area contributed by atoms with Crippen molar-refractivity contribution in [2.24, 2.45) is 0 Å². The zero-order valence-electron chi connectivity index (χ0n) is 10.6. The molecule has 1 amide bonds. The fraction of sp³-hybridized carbons (Fsp3) is 0.333. The van der Waals surface area contributed by atoms with Gasteiger partial charge in [0, 0.05) is 12.5 Å². The summed E-state index contributed by atoms with van der Waals surface area (Å²) in [7, 11) is 0. The summed E-state index contributed by atoms with van der Waals surface area (Å²) in [5.41, 5.74) is -0.151. The third kappa shape index (κ3) is 4.06. The van der Waals surface area contributed by atoms with Crippen LogP contribution < -0.4 is 5.32 Å². The van der Waals surface area contributed by atoms with Crippen LogP contribution in [0.2, 0.25) is 0 Å². The van der Waals surface area contributed by atoms with E-state index in [0.717, 1.165) is 0 Å². The number of ether oxygens (including phenoxy) is 1. The van der Waals surface area contributed by atoms with Gasteiger partial charge in [0.05, 0.1) is 4.92 Å². The third-order valence-electron chi connectivity index (χ3n) is 2.32. The smallest absolute Gasteiger partial charge is 0.306 e. The molecule has 19 heavy (non-hydrogen) atoms. The highest BCUT2D eigenvalue weighted by Crippen LogP contribution is 2.23. The van der Waals surface area contributed by atoms with E-state index in [1.165, 1.54) is 25.1 Å². The molecule has 0 radical (unpaired) electrons. The van der Waals surface area contributed by atoms with Crippen molar-refractivity contribution in [1.29, 1.82) is 0 Å². The summed E-state index contributed by atoms with van der Waals surface area (Å²) in [6.45, 7) is 3.01. The number of benzene rings is 1. The average Bonchev–Trinajstić information content (AvgIpc) is 2.38. The molecule has 0 bridgehead atoms. The summed E-state index contributed by atoms with van der Waals surface area (Å²) in [5, 5.41) is 13.1. The first-order valence-electron chi connectivity index (χ1n) is 5.69. The number of hydrogen-bond acceptors (Lipinski definition) is 5. The Kier molecular flexibility index (Phi) is 4.99. The molecule has 7 heteroatoms. The zero-order valence-corrected chi connectivity index (χ0v) is 10.6. The highest BCUT2D eigenvalue weighted by atomic mass is 16.6. The maximum Gasteiger partial charge on any atom is 0.306 e. The van der Waals surface area contributed by atoms with Gasteiger partial charge in [-0.2, -0.15) is 0 Å². The second kappa shape index (κ2) is 6.48. The molecule has 0 aromatic heterocycles. The summed E-state index contributed by atoms with van der Waals surface area (Å²) in [6, 6.07) is 5.74. The van der Waals surface area contributed by atoms with E-state index < -0.39 is 22.9 Å². The first kappa shape index (κ1) is 14.6. The predicted molar refractivity (Wildman–Crippen MR) is 67.6 cm³/mol. The molecule has 7 nitrogen and oxygen atoms in total. The Morgan fingerprint density at radius 1 is 1.42 bits per heavy atom. The van der Waals surface area contributed by atoms with Crippen LogP contribution in [0.15, 0.2) is 24.3 Å². The van der Waals surface area contributed by atoms with Crippen molar-refractivity contribution in [2.75, 3.05) is 5.32 Å². The Labute approximate surface area is 109 Å². The Morgan fingerprint density at radius 2 is 2.05 bits per heavy atom. The van der Waals surface area contributed by atoms with Crippen LogP contribution in [0, 0.1) is 10.1 Å². The van der Waals surface area contributed by atoms with Crippen molar-refractivity contribution in [2.45, 2.75) is 26.4 Å². The monoisotopic (exact) mass is 266 g/mol. The van der Waals surface area contributed by atoms with E-state index in [-0.39, 0.29) is 17.8 Å². The van der Waals surface area contributed by atoms with Crippen molar-refractivity contribution in [3.63, 3.8) is 0 Å². The second-order valence-corrected chi connectivity index (χ2v) is 3.75. The van der Waals surface area contributed by atoms with Gasteiger partial charge in [0.2, 0.25) is 0 Å². The van der Waals surface area contributed by atoms with E-state index >= 15 is 0 Å². The first-order chi connectivity index (χ1) is 8.95. The van der Waals surface area contributed by atoms with Crippen LogP contribution in [0.1, 0.15) is 20.3 Å². The standard InChI is InChI=1S/C12H14N2O5/c1-3-11(15)19-8(2)12(16)13-9-6-4-5-7-10(9)14(17)18/h4-8H,3H2,1-2H3,(H,13,16)/t8-/m0/s1. The van der Waals surface area contributed by atoms with Gasteiger partial charge in [0.15, 0.2) is 6.10 Å². The van der Waals surface area contributed by atoms with Crippen LogP contribution in [0.3, 0.4) is 0 Å². The number of nitrogens with zero attached hydrogens (tertiary/aromatic N) is 1. The molecule has 102 valence electrons. The number of amides is 1. The lowest BCUT2D eigenvalue weighted by molar-refractivity contribution is -0.383. The maximum absolute atomic E-state index is 11.7. The van der Waals surface area contributed by atoms with Crippen LogP contribution >= 0.6 is 0 Å². The van der Waals surface area contributed by atoms with E-state index in [1.807, 2.05) is 0 Å². The van der Waals surface area contributed by atoms with Crippen molar-refractivity contribution in [1.82, 2.24) is 0 Å². The molecule has 0 heterocycles. The van der Waals surface area contributed by atoms with E-state index in [9.17, 15) is 19.7 Å². The number of hydrogen-bond donors (Lipinski definition) is 1. The van der Waals surface area contributed by atoms with Gasteiger partial charge >= 0.3 is 5.97 Å². The van der Waals surface area contributed by atoms with Gasteiger partial charge in [0.25, 0.3) is 11.6 Å². The molecule has 0 aliphatic heterocycles. The van der Waals surface area contributed by atoms with Crippen molar-refractivity contribution in [3.05, 3.63) is 34.4 Å². The molecular weight excluding hydrogens is 252 g/mol. The fourth-order valence-corrected chi connectivity index (χ4v) is 1.31. The van der Waals surface area contributed by atoms with Crippen molar-refractivity contribution in [3.8, 4) is 0 Å². The fourth-order valence-electron chi connectivity index (χ4n) is 1.31. The topological polar surface area (TPSA) is 98.5 Å². The Bertz CT molecular complexity index is 501. The van der Waals surface area contributed by atoms with Gasteiger partial charge in [-0.1, -0.05) is 19.1 Å². The third-order valence-corrected chi connectivity index (χ3v) is 2.32. The summed E-state index contributed by atoms with van der Waals surface area (Å²) in [6.07, 6.45) is -0.851.